The molecule has 3 rings (SSSR count). The molecule has 1 saturated heterocycles. The average Bonchev–Trinajstić information content (AvgIpc) is 2.94. The SMILES string of the molecule is O=C(O)[C@H]1CN(C(=O)c2ccc3c(c2)CCC3)CCO1. The number of carboxylic acids is 1. The molecule has 0 bridgehead atoms. The molecular formula is C15H17NO4. The van der Waals surface area contributed by atoms with Crippen LogP contribution >= 0.6 is 0 Å². The number of fused-ring (bicyclic) bond motifs is 1. The topological polar surface area (TPSA) is 66.8 Å². The van der Waals surface area contributed by atoms with Gasteiger partial charge in [0.1, 0.15) is 0 Å². The molecule has 1 aromatic carbocycles. The molecule has 0 spiro atoms. The van der Waals surface area contributed by atoms with Gasteiger partial charge in [0.15, 0.2) is 6.10 Å². The number of morpholine rings is 1. The molecule has 0 radical (unpaired) electrons. The van der Waals surface area contributed by atoms with Crippen molar-refractivity contribution in [3.8, 4) is 0 Å². The summed E-state index contributed by atoms with van der Waals surface area (Å²) in [5.74, 6) is -1.12. The lowest BCUT2D eigenvalue weighted by atomic mass is 10.1. The van der Waals surface area contributed by atoms with Crippen LogP contribution in [0.15, 0.2) is 18.2 Å². The van der Waals surface area contributed by atoms with E-state index in [0.717, 1.165) is 19.3 Å². The molecule has 1 heterocycles. The van der Waals surface area contributed by atoms with E-state index < -0.39 is 12.1 Å². The molecular weight excluding hydrogens is 258 g/mol. The van der Waals surface area contributed by atoms with Gasteiger partial charge in [0.2, 0.25) is 0 Å². The molecule has 5 nitrogen and oxygen atoms in total. The predicted octanol–water partition coefficient (Wildman–Crippen LogP) is 1.10. The quantitative estimate of drug-likeness (QED) is 0.877. The highest BCUT2D eigenvalue weighted by Crippen LogP contribution is 2.23. The Labute approximate surface area is 117 Å². The minimum atomic E-state index is -1.02. The maximum absolute atomic E-state index is 12.4. The van der Waals surface area contributed by atoms with Gasteiger partial charge in [-0.15, -0.1) is 0 Å². The van der Waals surface area contributed by atoms with Crippen LogP contribution in [0.4, 0.5) is 0 Å². The molecule has 5 heteroatoms. The first-order valence-electron chi connectivity index (χ1n) is 6.90. The summed E-state index contributed by atoms with van der Waals surface area (Å²) >= 11 is 0. The Morgan fingerprint density at radius 2 is 2.05 bits per heavy atom. The molecule has 106 valence electrons. The predicted molar refractivity (Wildman–Crippen MR) is 71.7 cm³/mol. The number of hydrogen-bond donors (Lipinski definition) is 1. The summed E-state index contributed by atoms with van der Waals surface area (Å²) in [5.41, 5.74) is 3.22. The zero-order chi connectivity index (χ0) is 14.1. The van der Waals surface area contributed by atoms with Crippen LogP contribution in [-0.4, -0.2) is 47.7 Å². The Balaban J connectivity index is 1.76. The number of carboxylic acid groups (broad SMARTS) is 1. The van der Waals surface area contributed by atoms with Crippen molar-refractivity contribution in [2.75, 3.05) is 19.7 Å². The molecule has 20 heavy (non-hydrogen) atoms. The van der Waals surface area contributed by atoms with Crippen molar-refractivity contribution >= 4 is 11.9 Å². The molecule has 1 atom stereocenters. The lowest BCUT2D eigenvalue weighted by molar-refractivity contribution is -0.154. The van der Waals surface area contributed by atoms with Crippen molar-refractivity contribution in [1.82, 2.24) is 4.90 Å². The highest BCUT2D eigenvalue weighted by molar-refractivity contribution is 5.95. The molecule has 0 aromatic heterocycles. The zero-order valence-corrected chi connectivity index (χ0v) is 11.2. The van der Waals surface area contributed by atoms with Gasteiger partial charge >= 0.3 is 5.97 Å². The Bertz CT molecular complexity index is 555. The molecule has 1 aliphatic heterocycles. The van der Waals surface area contributed by atoms with Gasteiger partial charge < -0.3 is 14.7 Å². The minimum Gasteiger partial charge on any atom is -0.479 e. The van der Waals surface area contributed by atoms with E-state index in [2.05, 4.69) is 0 Å². The van der Waals surface area contributed by atoms with E-state index in [-0.39, 0.29) is 19.1 Å². The van der Waals surface area contributed by atoms with Crippen LogP contribution in [0, 0.1) is 0 Å². The van der Waals surface area contributed by atoms with Gasteiger partial charge in [-0.25, -0.2) is 4.79 Å². The number of nitrogens with zero attached hydrogens (tertiary/aromatic N) is 1. The van der Waals surface area contributed by atoms with Gasteiger partial charge in [-0.1, -0.05) is 6.07 Å². The van der Waals surface area contributed by atoms with Crippen LogP contribution in [0.2, 0.25) is 0 Å². The fourth-order valence-electron chi connectivity index (χ4n) is 2.87. The summed E-state index contributed by atoms with van der Waals surface area (Å²) in [6, 6.07) is 5.82. The van der Waals surface area contributed by atoms with Gasteiger partial charge in [-0.05, 0) is 42.5 Å². The van der Waals surface area contributed by atoms with Crippen molar-refractivity contribution in [1.29, 1.82) is 0 Å². The van der Waals surface area contributed by atoms with Crippen molar-refractivity contribution in [2.24, 2.45) is 0 Å². The second-order valence-electron chi connectivity index (χ2n) is 5.29. The fraction of sp³-hybridized carbons (Fsp3) is 0.467. The van der Waals surface area contributed by atoms with Crippen LogP contribution in [0.3, 0.4) is 0 Å². The summed E-state index contributed by atoms with van der Waals surface area (Å²) < 4.78 is 5.14. The van der Waals surface area contributed by atoms with Crippen LogP contribution in [0.1, 0.15) is 27.9 Å². The number of benzene rings is 1. The van der Waals surface area contributed by atoms with Crippen molar-refractivity contribution < 1.29 is 19.4 Å². The summed E-state index contributed by atoms with van der Waals surface area (Å²) in [4.78, 5) is 25.0. The highest BCUT2D eigenvalue weighted by atomic mass is 16.5. The Kier molecular flexibility index (Phi) is 3.44. The third kappa shape index (κ3) is 2.41. The van der Waals surface area contributed by atoms with Gasteiger partial charge in [-0.3, -0.25) is 4.79 Å². The zero-order valence-electron chi connectivity index (χ0n) is 11.2. The molecule has 1 amide bonds. The minimum absolute atomic E-state index is 0.103. The van der Waals surface area contributed by atoms with Gasteiger partial charge in [0.05, 0.1) is 13.2 Å². The van der Waals surface area contributed by atoms with E-state index in [9.17, 15) is 9.59 Å². The Morgan fingerprint density at radius 3 is 2.85 bits per heavy atom. The monoisotopic (exact) mass is 275 g/mol. The molecule has 1 aliphatic carbocycles. The number of carbonyl (C=O) groups is 2. The molecule has 1 aromatic rings. The average molecular weight is 275 g/mol. The highest BCUT2D eigenvalue weighted by Gasteiger charge is 2.29. The number of hydrogen-bond acceptors (Lipinski definition) is 3. The third-order valence-electron chi connectivity index (χ3n) is 3.97. The third-order valence-corrected chi connectivity index (χ3v) is 3.97. The standard InChI is InChI=1S/C15H17NO4/c17-14(16-6-7-20-13(9-16)15(18)19)12-5-4-10-2-1-3-11(10)8-12/h4-5,8,13H,1-3,6-7,9H2,(H,18,19)/t13-/m1/s1. The van der Waals surface area contributed by atoms with Crippen LogP contribution in [0.25, 0.3) is 0 Å². The molecule has 2 aliphatic rings. The number of amides is 1. The number of aryl methyl sites for hydroxylation is 2. The molecule has 1 N–H and O–H groups in total. The summed E-state index contributed by atoms with van der Waals surface area (Å²) in [6.07, 6.45) is 2.34. The first-order chi connectivity index (χ1) is 9.65. The van der Waals surface area contributed by atoms with E-state index in [1.54, 1.807) is 4.90 Å². The second-order valence-corrected chi connectivity index (χ2v) is 5.29. The van der Waals surface area contributed by atoms with E-state index >= 15 is 0 Å². The summed E-state index contributed by atoms with van der Waals surface area (Å²) in [5, 5.41) is 8.97. The van der Waals surface area contributed by atoms with Gasteiger partial charge in [0, 0.05) is 12.1 Å². The number of aliphatic carboxylic acids is 1. The first kappa shape index (κ1) is 13.1. The Morgan fingerprint density at radius 1 is 1.25 bits per heavy atom. The fourth-order valence-corrected chi connectivity index (χ4v) is 2.87. The molecule has 1 fully saturated rings. The summed E-state index contributed by atoms with van der Waals surface area (Å²) in [6.45, 7) is 0.832. The summed E-state index contributed by atoms with van der Waals surface area (Å²) in [7, 11) is 0. The van der Waals surface area contributed by atoms with E-state index in [1.807, 2.05) is 18.2 Å². The van der Waals surface area contributed by atoms with E-state index in [4.69, 9.17) is 9.84 Å². The molecule has 0 saturated carbocycles. The second kappa shape index (κ2) is 5.25. The smallest absolute Gasteiger partial charge is 0.334 e. The van der Waals surface area contributed by atoms with Crippen LogP contribution in [0.5, 0.6) is 0 Å². The van der Waals surface area contributed by atoms with Gasteiger partial charge in [-0.2, -0.15) is 0 Å². The number of rotatable bonds is 2. The maximum Gasteiger partial charge on any atom is 0.334 e. The largest absolute Gasteiger partial charge is 0.479 e. The van der Waals surface area contributed by atoms with Crippen molar-refractivity contribution in [3.63, 3.8) is 0 Å². The normalized spacial score (nSPS) is 21.6. The lowest BCUT2D eigenvalue weighted by Gasteiger charge is -2.31. The maximum atomic E-state index is 12.4. The van der Waals surface area contributed by atoms with Crippen molar-refractivity contribution in [3.05, 3.63) is 34.9 Å². The van der Waals surface area contributed by atoms with Crippen molar-refractivity contribution in [2.45, 2.75) is 25.4 Å². The van der Waals surface area contributed by atoms with Gasteiger partial charge in [0.25, 0.3) is 5.91 Å². The first-order valence-corrected chi connectivity index (χ1v) is 6.90. The van der Waals surface area contributed by atoms with Crippen LogP contribution < -0.4 is 0 Å². The Hall–Kier alpha value is -1.88. The number of ether oxygens (including phenoxy) is 1. The number of carbonyl (C=O) groups excluding carboxylic acids is 1. The van der Waals surface area contributed by atoms with E-state index in [1.165, 1.54) is 11.1 Å². The molecule has 0 unspecified atom stereocenters. The van der Waals surface area contributed by atoms with E-state index in [0.29, 0.717) is 12.1 Å². The lowest BCUT2D eigenvalue weighted by Crippen LogP contribution is -2.48. The van der Waals surface area contributed by atoms with Crippen LogP contribution in [-0.2, 0) is 22.4 Å².